The van der Waals surface area contributed by atoms with Crippen LogP contribution in [0.3, 0.4) is 0 Å². The lowest BCUT2D eigenvalue weighted by Gasteiger charge is -2.35. The topological polar surface area (TPSA) is 87.2 Å². The van der Waals surface area contributed by atoms with Gasteiger partial charge in [-0.3, -0.25) is 14.6 Å². The van der Waals surface area contributed by atoms with Gasteiger partial charge in [0, 0.05) is 17.0 Å². The molecule has 3 aromatic rings. The fourth-order valence-corrected chi connectivity index (χ4v) is 5.03. The SMILES string of the molecule is C[Si](C)(CC[C@H]1c2n[nH]c(=O)c3cc(F)cc(c23)N[C@@H]1c1ccc(F)cc1)OO. The fourth-order valence-electron chi connectivity index (χ4n) is 3.94. The van der Waals surface area contributed by atoms with Crippen molar-refractivity contribution in [1.82, 2.24) is 10.2 Å². The third-order valence-corrected chi connectivity index (χ3v) is 7.47. The fraction of sp³-hybridized carbons (Fsp3) is 0.300. The zero-order valence-corrected chi connectivity index (χ0v) is 17.0. The van der Waals surface area contributed by atoms with E-state index in [1.165, 1.54) is 24.3 Å². The van der Waals surface area contributed by atoms with E-state index < -0.39 is 19.7 Å². The van der Waals surface area contributed by atoms with E-state index >= 15 is 0 Å². The number of H-pyrrole nitrogens is 1. The number of halogens is 2. The third kappa shape index (κ3) is 3.68. The number of anilines is 1. The van der Waals surface area contributed by atoms with Crippen molar-refractivity contribution in [3.05, 3.63) is 69.6 Å². The van der Waals surface area contributed by atoms with Gasteiger partial charge in [-0.05, 0) is 55.4 Å². The van der Waals surface area contributed by atoms with Crippen LogP contribution in [-0.2, 0) is 4.58 Å². The second-order valence-electron chi connectivity index (χ2n) is 7.98. The summed E-state index contributed by atoms with van der Waals surface area (Å²) in [6, 6.07) is 8.98. The van der Waals surface area contributed by atoms with Gasteiger partial charge in [0.15, 0.2) is 0 Å². The minimum Gasteiger partial charge on any atom is -0.377 e. The molecule has 6 nitrogen and oxygen atoms in total. The molecule has 1 aliphatic rings. The predicted molar refractivity (Wildman–Crippen MR) is 108 cm³/mol. The second kappa shape index (κ2) is 7.32. The van der Waals surface area contributed by atoms with Crippen molar-refractivity contribution in [2.45, 2.75) is 37.5 Å². The smallest absolute Gasteiger partial charge is 0.272 e. The molecule has 0 spiro atoms. The van der Waals surface area contributed by atoms with Crippen molar-refractivity contribution in [1.29, 1.82) is 0 Å². The lowest BCUT2D eigenvalue weighted by atomic mass is 9.82. The molecule has 3 N–H and O–H groups in total. The molecule has 4 rings (SSSR count). The zero-order valence-electron chi connectivity index (χ0n) is 16.0. The van der Waals surface area contributed by atoms with Gasteiger partial charge in [0.2, 0.25) is 8.32 Å². The minimum absolute atomic E-state index is 0.195. The number of nitrogens with zero attached hydrogens (tertiary/aromatic N) is 1. The van der Waals surface area contributed by atoms with Crippen LogP contribution >= 0.6 is 0 Å². The summed E-state index contributed by atoms with van der Waals surface area (Å²) >= 11 is 0. The van der Waals surface area contributed by atoms with Crippen LogP contribution in [0.15, 0.2) is 41.2 Å². The number of hydrogen-bond acceptors (Lipinski definition) is 5. The Labute approximate surface area is 166 Å². The van der Waals surface area contributed by atoms with Crippen LogP contribution in [-0.4, -0.2) is 23.8 Å². The molecule has 0 radical (unpaired) electrons. The summed E-state index contributed by atoms with van der Waals surface area (Å²) in [4.78, 5) is 12.2. The quantitative estimate of drug-likeness (QED) is 0.322. The van der Waals surface area contributed by atoms with Gasteiger partial charge in [0.25, 0.3) is 5.56 Å². The van der Waals surface area contributed by atoms with Crippen LogP contribution in [0.25, 0.3) is 10.8 Å². The largest absolute Gasteiger partial charge is 0.377 e. The zero-order chi connectivity index (χ0) is 20.8. The van der Waals surface area contributed by atoms with Crippen molar-refractivity contribution in [3.8, 4) is 0 Å². The molecule has 0 saturated heterocycles. The van der Waals surface area contributed by atoms with Crippen molar-refractivity contribution < 1.29 is 18.6 Å². The number of aromatic nitrogens is 2. The molecular weight excluding hydrogens is 396 g/mol. The van der Waals surface area contributed by atoms with Gasteiger partial charge in [0.05, 0.1) is 17.1 Å². The summed E-state index contributed by atoms with van der Waals surface area (Å²) in [6.07, 6.45) is 0.611. The lowest BCUT2D eigenvalue weighted by Crippen LogP contribution is -2.32. The van der Waals surface area contributed by atoms with E-state index in [1.54, 1.807) is 12.1 Å². The summed E-state index contributed by atoms with van der Waals surface area (Å²) in [5, 5.41) is 20.1. The first-order valence-electron chi connectivity index (χ1n) is 9.35. The molecule has 0 unspecified atom stereocenters. The highest BCUT2D eigenvalue weighted by Gasteiger charge is 2.36. The Balaban J connectivity index is 1.86. The second-order valence-corrected chi connectivity index (χ2v) is 12.2. The van der Waals surface area contributed by atoms with Gasteiger partial charge in [-0.2, -0.15) is 5.10 Å². The van der Waals surface area contributed by atoms with Crippen molar-refractivity contribution in [2.75, 3.05) is 5.32 Å². The summed E-state index contributed by atoms with van der Waals surface area (Å²) in [6.45, 7) is 3.80. The maximum absolute atomic E-state index is 14.1. The number of benzene rings is 2. The van der Waals surface area contributed by atoms with Crippen LogP contribution in [0.5, 0.6) is 0 Å². The lowest BCUT2D eigenvalue weighted by molar-refractivity contribution is -0.150. The third-order valence-electron chi connectivity index (χ3n) is 5.48. The Morgan fingerprint density at radius 3 is 2.59 bits per heavy atom. The van der Waals surface area contributed by atoms with E-state index in [0.717, 1.165) is 5.56 Å². The van der Waals surface area contributed by atoms with Crippen molar-refractivity contribution >= 4 is 24.8 Å². The van der Waals surface area contributed by atoms with E-state index in [2.05, 4.69) is 15.5 Å². The first-order chi connectivity index (χ1) is 13.8. The Morgan fingerprint density at radius 2 is 1.90 bits per heavy atom. The van der Waals surface area contributed by atoms with Gasteiger partial charge in [-0.1, -0.05) is 12.1 Å². The molecule has 2 heterocycles. The molecule has 2 atom stereocenters. The van der Waals surface area contributed by atoms with Gasteiger partial charge in [-0.15, -0.1) is 0 Å². The molecule has 1 aliphatic heterocycles. The molecule has 1 aromatic heterocycles. The molecule has 0 amide bonds. The summed E-state index contributed by atoms with van der Waals surface area (Å²) in [5.74, 6) is -1.07. The van der Waals surface area contributed by atoms with Crippen LogP contribution in [0, 0.1) is 11.6 Å². The maximum Gasteiger partial charge on any atom is 0.272 e. The average Bonchev–Trinajstić information content (AvgIpc) is 2.69. The van der Waals surface area contributed by atoms with E-state index in [1.807, 2.05) is 13.1 Å². The average molecular weight is 417 g/mol. The minimum atomic E-state index is -2.29. The molecule has 0 saturated carbocycles. The Morgan fingerprint density at radius 1 is 1.17 bits per heavy atom. The first kappa shape index (κ1) is 19.7. The van der Waals surface area contributed by atoms with Gasteiger partial charge >= 0.3 is 0 Å². The molecule has 29 heavy (non-hydrogen) atoms. The van der Waals surface area contributed by atoms with Gasteiger partial charge in [-0.25, -0.2) is 13.9 Å². The Hall–Kier alpha value is -2.62. The molecule has 0 aliphatic carbocycles. The van der Waals surface area contributed by atoms with Crippen molar-refractivity contribution in [3.63, 3.8) is 0 Å². The summed E-state index contributed by atoms with van der Waals surface area (Å²) in [7, 11) is -2.29. The standard InChI is InChI=1S/C20H21F2N3O3Si/c1-29(2,28-27)8-7-14-18(11-3-5-12(21)6-4-11)23-16-10-13(22)9-15-17(16)19(14)24-25-20(15)26/h3-6,9-10,14,18,23,27H,7-8H2,1-2H3,(H,25,26)/t14-,18-/m1/s1. The van der Waals surface area contributed by atoms with Crippen LogP contribution in [0.1, 0.15) is 29.6 Å². The summed E-state index contributed by atoms with van der Waals surface area (Å²) < 4.78 is 32.3. The number of nitrogens with one attached hydrogen (secondary N) is 2. The molecule has 152 valence electrons. The van der Waals surface area contributed by atoms with E-state index in [0.29, 0.717) is 29.2 Å². The van der Waals surface area contributed by atoms with Gasteiger partial charge < -0.3 is 5.32 Å². The van der Waals surface area contributed by atoms with E-state index in [4.69, 9.17) is 4.58 Å². The highest BCUT2D eigenvalue weighted by atomic mass is 28.4. The van der Waals surface area contributed by atoms with E-state index in [-0.39, 0.29) is 23.2 Å². The van der Waals surface area contributed by atoms with E-state index in [9.17, 15) is 18.8 Å². The number of aromatic amines is 1. The van der Waals surface area contributed by atoms with Crippen LogP contribution in [0.4, 0.5) is 14.5 Å². The van der Waals surface area contributed by atoms with Gasteiger partial charge in [0.1, 0.15) is 11.6 Å². The molecule has 0 fully saturated rings. The maximum atomic E-state index is 14.1. The number of hydrogen-bond donors (Lipinski definition) is 3. The molecule has 2 aromatic carbocycles. The summed E-state index contributed by atoms with van der Waals surface area (Å²) in [5.41, 5.74) is 1.48. The Kier molecular flexibility index (Phi) is 4.97. The monoisotopic (exact) mass is 417 g/mol. The number of rotatable bonds is 5. The van der Waals surface area contributed by atoms with Crippen LogP contribution < -0.4 is 10.9 Å². The molecule has 0 bridgehead atoms. The first-order valence-corrected chi connectivity index (χ1v) is 12.5. The van der Waals surface area contributed by atoms with Crippen molar-refractivity contribution in [2.24, 2.45) is 0 Å². The molecular formula is C20H21F2N3O3Si. The molecule has 9 heteroatoms. The Bertz CT molecular complexity index is 1120. The van der Waals surface area contributed by atoms with Crippen LogP contribution in [0.2, 0.25) is 19.1 Å². The predicted octanol–water partition coefficient (Wildman–Crippen LogP) is 4.54. The highest BCUT2D eigenvalue weighted by Crippen LogP contribution is 2.46. The normalized spacial score (nSPS) is 18.7. The highest BCUT2D eigenvalue weighted by molar-refractivity contribution is 6.70.